The second-order valence-electron chi connectivity index (χ2n) is 3.22. The van der Waals surface area contributed by atoms with Gasteiger partial charge in [-0.15, -0.1) is 0 Å². The monoisotopic (exact) mass is 210 g/mol. The maximum Gasteiger partial charge on any atom is 0.298 e. The molecule has 0 amide bonds. The fraction of sp³-hybridized carbons (Fsp3) is 0.364. The molecule has 1 aromatic carbocycles. The van der Waals surface area contributed by atoms with Crippen molar-refractivity contribution in [3.63, 3.8) is 0 Å². The molecule has 0 aliphatic carbocycles. The summed E-state index contributed by atoms with van der Waals surface area (Å²) in [7, 11) is 0. The lowest BCUT2D eigenvalue weighted by Gasteiger charge is -2.05. The molecule has 0 aliphatic heterocycles. The lowest BCUT2D eigenvalue weighted by molar-refractivity contribution is -0.120. The molecule has 0 bridgehead atoms. The number of hydrogen-bond donors (Lipinski definition) is 0. The van der Waals surface area contributed by atoms with Crippen molar-refractivity contribution in [2.45, 2.75) is 24.9 Å². The smallest absolute Gasteiger partial charge is 0.298 e. The van der Waals surface area contributed by atoms with Crippen LogP contribution >= 0.6 is 11.8 Å². The van der Waals surface area contributed by atoms with E-state index < -0.39 is 0 Å². The predicted molar refractivity (Wildman–Crippen MR) is 59.6 cm³/mol. The fourth-order valence-electron chi connectivity index (χ4n) is 0.983. The topological polar surface area (TPSA) is 26.3 Å². The summed E-state index contributed by atoms with van der Waals surface area (Å²) in [6.45, 7) is 4.79. The molecule has 3 heteroatoms. The molecule has 1 rings (SSSR count). The Morgan fingerprint density at radius 3 is 2.50 bits per heavy atom. The van der Waals surface area contributed by atoms with E-state index in [0.29, 0.717) is 17.5 Å². The number of hydrogen-bond acceptors (Lipinski definition) is 3. The van der Waals surface area contributed by atoms with E-state index in [1.54, 1.807) is 0 Å². The Morgan fingerprint density at radius 1 is 1.36 bits per heavy atom. The normalized spacial score (nSPS) is 10.2. The molecule has 0 aliphatic rings. The Morgan fingerprint density at radius 2 is 2.00 bits per heavy atom. The molecule has 0 unspecified atom stereocenters. The third kappa shape index (κ3) is 3.83. The van der Waals surface area contributed by atoms with Gasteiger partial charge in [-0.05, 0) is 22.9 Å². The van der Waals surface area contributed by atoms with Crippen molar-refractivity contribution >= 4 is 18.2 Å². The van der Waals surface area contributed by atoms with Gasteiger partial charge in [-0.1, -0.05) is 26.0 Å². The summed E-state index contributed by atoms with van der Waals surface area (Å²) in [5.74, 6) is 1.59. The minimum atomic E-state index is 0.442. The third-order valence-corrected chi connectivity index (χ3v) is 2.86. The first-order chi connectivity index (χ1) is 6.72. The van der Waals surface area contributed by atoms with Crippen molar-refractivity contribution in [3.05, 3.63) is 29.8 Å². The van der Waals surface area contributed by atoms with E-state index in [4.69, 9.17) is 4.74 Å². The predicted octanol–water partition coefficient (Wildman–Crippen LogP) is 2.86. The Bertz CT molecular complexity index is 280. The summed E-state index contributed by atoms with van der Waals surface area (Å²) in [6.07, 6.45) is 0. The maximum atomic E-state index is 10.0. The van der Waals surface area contributed by atoms with E-state index in [-0.39, 0.29) is 0 Å². The first-order valence-corrected chi connectivity index (χ1v) is 5.58. The summed E-state index contributed by atoms with van der Waals surface area (Å²) in [5.41, 5.74) is 1.25. The van der Waals surface area contributed by atoms with Crippen LogP contribution in [0.3, 0.4) is 0 Å². The molecular formula is C11H14O2S. The minimum Gasteiger partial charge on any atom is -0.429 e. The lowest BCUT2D eigenvalue weighted by Crippen LogP contribution is -1.90. The summed E-state index contributed by atoms with van der Waals surface area (Å²) >= 11 is 1.89. The molecule has 0 saturated carbocycles. The molecular weight excluding hydrogens is 196 g/mol. The molecule has 0 spiro atoms. The first-order valence-electron chi connectivity index (χ1n) is 4.53. The van der Waals surface area contributed by atoms with E-state index in [0.717, 1.165) is 5.75 Å². The fourth-order valence-corrected chi connectivity index (χ4v) is 1.70. The van der Waals surface area contributed by atoms with Crippen LogP contribution in [-0.4, -0.2) is 11.7 Å². The van der Waals surface area contributed by atoms with E-state index in [2.05, 4.69) is 13.8 Å². The van der Waals surface area contributed by atoms with Gasteiger partial charge in [0.25, 0.3) is 6.47 Å². The highest BCUT2D eigenvalue weighted by Gasteiger charge is 1.97. The summed E-state index contributed by atoms with van der Waals surface area (Å²) < 4.78 is 4.70. The van der Waals surface area contributed by atoms with Gasteiger partial charge in [0, 0.05) is 5.75 Å². The maximum absolute atomic E-state index is 10.0. The molecule has 0 heterocycles. The third-order valence-electron chi connectivity index (χ3n) is 1.69. The van der Waals surface area contributed by atoms with Crippen molar-refractivity contribution < 1.29 is 9.53 Å². The molecule has 0 atom stereocenters. The van der Waals surface area contributed by atoms with Gasteiger partial charge in [0.1, 0.15) is 5.75 Å². The number of carbonyl (C=O) groups excluding carboxylic acids is 1. The molecule has 2 nitrogen and oxygen atoms in total. The molecule has 1 aromatic rings. The summed E-state index contributed by atoms with van der Waals surface area (Å²) in [5, 5.41) is 0.640. The molecule has 14 heavy (non-hydrogen) atoms. The van der Waals surface area contributed by atoms with Crippen LogP contribution in [0.5, 0.6) is 5.75 Å². The Kier molecular flexibility index (Phi) is 4.53. The number of thioether (sulfide) groups is 1. The van der Waals surface area contributed by atoms with Crippen LogP contribution in [0.15, 0.2) is 24.3 Å². The summed E-state index contributed by atoms with van der Waals surface area (Å²) in [4.78, 5) is 10.0. The van der Waals surface area contributed by atoms with Crippen molar-refractivity contribution in [1.82, 2.24) is 0 Å². The first kappa shape index (κ1) is 11.1. The standard InChI is InChI=1S/C11H14O2S/c1-9(2)14-7-10-3-5-11(6-4-10)13-8-12/h3-6,8-9H,7H2,1-2H3. The number of ether oxygens (including phenoxy) is 1. The molecule has 0 saturated heterocycles. The van der Waals surface area contributed by atoms with Crippen LogP contribution in [-0.2, 0) is 10.5 Å². The van der Waals surface area contributed by atoms with Gasteiger partial charge < -0.3 is 4.74 Å². The SMILES string of the molecule is CC(C)SCc1ccc(OC=O)cc1. The van der Waals surface area contributed by atoms with Crippen LogP contribution in [0.2, 0.25) is 0 Å². The zero-order valence-electron chi connectivity index (χ0n) is 8.40. The van der Waals surface area contributed by atoms with E-state index in [9.17, 15) is 4.79 Å². The van der Waals surface area contributed by atoms with Gasteiger partial charge in [-0.2, -0.15) is 11.8 Å². The highest BCUT2D eigenvalue weighted by Crippen LogP contribution is 2.19. The molecule has 0 N–H and O–H groups in total. The van der Waals surface area contributed by atoms with Gasteiger partial charge in [-0.3, -0.25) is 4.79 Å². The van der Waals surface area contributed by atoms with Crippen molar-refractivity contribution in [1.29, 1.82) is 0 Å². The van der Waals surface area contributed by atoms with Crippen LogP contribution < -0.4 is 4.74 Å². The zero-order chi connectivity index (χ0) is 10.4. The average molecular weight is 210 g/mol. The molecule has 0 fully saturated rings. The van der Waals surface area contributed by atoms with Crippen LogP contribution in [0, 0.1) is 0 Å². The highest BCUT2D eigenvalue weighted by atomic mass is 32.2. The number of benzene rings is 1. The second-order valence-corrected chi connectivity index (χ2v) is 4.78. The summed E-state index contributed by atoms with van der Waals surface area (Å²) in [6, 6.07) is 7.58. The molecule has 76 valence electrons. The molecule has 0 aromatic heterocycles. The van der Waals surface area contributed by atoms with Crippen LogP contribution in [0.1, 0.15) is 19.4 Å². The Hall–Kier alpha value is -0.960. The Labute approximate surface area is 88.7 Å². The highest BCUT2D eigenvalue weighted by molar-refractivity contribution is 7.99. The van der Waals surface area contributed by atoms with Gasteiger partial charge in [0.2, 0.25) is 0 Å². The van der Waals surface area contributed by atoms with Crippen LogP contribution in [0.25, 0.3) is 0 Å². The van der Waals surface area contributed by atoms with E-state index >= 15 is 0 Å². The average Bonchev–Trinajstić information content (AvgIpc) is 2.17. The lowest BCUT2D eigenvalue weighted by atomic mass is 10.2. The van der Waals surface area contributed by atoms with Gasteiger partial charge in [-0.25, -0.2) is 0 Å². The van der Waals surface area contributed by atoms with Gasteiger partial charge >= 0.3 is 0 Å². The van der Waals surface area contributed by atoms with E-state index in [1.807, 2.05) is 36.0 Å². The van der Waals surface area contributed by atoms with Crippen molar-refractivity contribution in [2.24, 2.45) is 0 Å². The number of carbonyl (C=O) groups is 1. The Balaban J connectivity index is 2.50. The van der Waals surface area contributed by atoms with Crippen molar-refractivity contribution in [2.75, 3.05) is 0 Å². The van der Waals surface area contributed by atoms with Gasteiger partial charge in [0.15, 0.2) is 0 Å². The minimum absolute atomic E-state index is 0.442. The van der Waals surface area contributed by atoms with Gasteiger partial charge in [0.05, 0.1) is 0 Å². The largest absolute Gasteiger partial charge is 0.429 e. The van der Waals surface area contributed by atoms with Crippen molar-refractivity contribution in [3.8, 4) is 5.75 Å². The number of rotatable bonds is 5. The molecule has 0 radical (unpaired) electrons. The zero-order valence-corrected chi connectivity index (χ0v) is 9.21. The quantitative estimate of drug-likeness (QED) is 0.699. The second kappa shape index (κ2) is 5.70. The van der Waals surface area contributed by atoms with Crippen LogP contribution in [0.4, 0.5) is 0 Å². The van der Waals surface area contributed by atoms with E-state index in [1.165, 1.54) is 5.56 Å².